The second-order valence-electron chi connectivity index (χ2n) is 6.94. The van der Waals surface area contributed by atoms with Crippen LogP contribution in [0.2, 0.25) is 0 Å². The van der Waals surface area contributed by atoms with Crippen LogP contribution in [0.3, 0.4) is 0 Å². The van der Waals surface area contributed by atoms with E-state index in [4.69, 9.17) is 4.74 Å². The average Bonchev–Trinajstić information content (AvgIpc) is 3.32. The molecule has 3 aromatic carbocycles. The molecule has 150 valence electrons. The third-order valence-corrected chi connectivity index (χ3v) is 4.76. The molecule has 0 fully saturated rings. The van der Waals surface area contributed by atoms with Gasteiger partial charge >= 0.3 is 0 Å². The minimum Gasteiger partial charge on any atom is -0.489 e. The summed E-state index contributed by atoms with van der Waals surface area (Å²) >= 11 is 0. The zero-order valence-corrected chi connectivity index (χ0v) is 16.5. The lowest BCUT2D eigenvalue weighted by molar-refractivity contribution is -0.123. The number of amides is 1. The Bertz CT molecular complexity index is 1060. The van der Waals surface area contributed by atoms with Gasteiger partial charge in [-0.05, 0) is 34.9 Å². The first-order chi connectivity index (χ1) is 14.8. The van der Waals surface area contributed by atoms with Gasteiger partial charge in [-0.3, -0.25) is 9.48 Å². The molecule has 0 radical (unpaired) electrons. The van der Waals surface area contributed by atoms with Crippen LogP contribution in [0.5, 0.6) is 5.75 Å². The van der Waals surface area contributed by atoms with Crippen LogP contribution < -0.4 is 10.1 Å². The number of carbonyl (C=O) groups excluding carboxylic acids is 1. The Morgan fingerprint density at radius 2 is 1.63 bits per heavy atom. The number of nitrogens with one attached hydrogen (secondary N) is 1. The van der Waals surface area contributed by atoms with Crippen molar-refractivity contribution in [1.29, 1.82) is 0 Å². The summed E-state index contributed by atoms with van der Waals surface area (Å²) in [5.74, 6) is 0.733. The minimum atomic E-state index is -0.509. The van der Waals surface area contributed by atoms with Gasteiger partial charge in [0.1, 0.15) is 12.4 Å². The smallest absolute Gasteiger partial charge is 0.249 e. The number of benzene rings is 3. The van der Waals surface area contributed by atoms with E-state index in [1.165, 1.54) is 0 Å². The second-order valence-corrected chi connectivity index (χ2v) is 6.94. The summed E-state index contributed by atoms with van der Waals surface area (Å²) in [7, 11) is 0. The van der Waals surface area contributed by atoms with Crippen LogP contribution in [-0.4, -0.2) is 15.7 Å². The number of aromatic nitrogens is 2. The van der Waals surface area contributed by atoms with Crippen molar-refractivity contribution in [2.24, 2.45) is 0 Å². The van der Waals surface area contributed by atoms with Crippen molar-refractivity contribution in [1.82, 2.24) is 15.1 Å². The van der Waals surface area contributed by atoms with Crippen molar-refractivity contribution >= 4 is 5.91 Å². The number of carbonyl (C=O) groups is 1. The molecule has 0 unspecified atom stereocenters. The topological polar surface area (TPSA) is 56.1 Å². The third-order valence-electron chi connectivity index (χ3n) is 4.76. The molecule has 0 bridgehead atoms. The molecular weight excluding hydrogens is 374 g/mol. The maximum absolute atomic E-state index is 13.0. The molecule has 4 aromatic rings. The van der Waals surface area contributed by atoms with Crippen LogP contribution in [0.4, 0.5) is 0 Å². The van der Waals surface area contributed by atoms with Gasteiger partial charge in [0.05, 0.1) is 0 Å². The lowest BCUT2D eigenvalue weighted by Crippen LogP contribution is -2.33. The highest BCUT2D eigenvalue weighted by atomic mass is 16.5. The van der Waals surface area contributed by atoms with Crippen LogP contribution in [0.15, 0.2) is 103 Å². The molecule has 0 aliphatic carbocycles. The fourth-order valence-electron chi connectivity index (χ4n) is 3.29. The van der Waals surface area contributed by atoms with Gasteiger partial charge in [0, 0.05) is 18.9 Å². The van der Waals surface area contributed by atoms with E-state index in [0.717, 1.165) is 22.4 Å². The van der Waals surface area contributed by atoms with Gasteiger partial charge in [0.2, 0.25) is 5.91 Å². The normalized spacial score (nSPS) is 11.6. The van der Waals surface area contributed by atoms with E-state index in [2.05, 4.69) is 16.5 Å². The molecule has 4 rings (SSSR count). The Kier molecular flexibility index (Phi) is 6.20. The number of rotatable bonds is 8. The first-order valence-electron chi connectivity index (χ1n) is 9.87. The van der Waals surface area contributed by atoms with Crippen molar-refractivity contribution in [3.63, 3.8) is 0 Å². The van der Waals surface area contributed by atoms with Gasteiger partial charge in [0.15, 0.2) is 6.04 Å². The Balaban J connectivity index is 1.41. The molecular formula is C25H23N3O2. The lowest BCUT2D eigenvalue weighted by atomic mass is 10.1. The fourth-order valence-corrected chi connectivity index (χ4v) is 3.29. The summed E-state index contributed by atoms with van der Waals surface area (Å²) in [6.07, 6.45) is 3.48. The van der Waals surface area contributed by atoms with E-state index < -0.39 is 6.04 Å². The van der Waals surface area contributed by atoms with Crippen LogP contribution in [0.25, 0.3) is 0 Å². The van der Waals surface area contributed by atoms with E-state index >= 15 is 0 Å². The van der Waals surface area contributed by atoms with Crippen molar-refractivity contribution in [3.8, 4) is 5.75 Å². The summed E-state index contributed by atoms with van der Waals surface area (Å²) in [4.78, 5) is 13.0. The molecule has 30 heavy (non-hydrogen) atoms. The molecule has 1 heterocycles. The van der Waals surface area contributed by atoms with Crippen molar-refractivity contribution < 1.29 is 9.53 Å². The Morgan fingerprint density at radius 1 is 0.900 bits per heavy atom. The first kappa shape index (κ1) is 19.5. The monoisotopic (exact) mass is 397 g/mol. The molecule has 0 saturated carbocycles. The number of ether oxygens (including phenoxy) is 1. The number of para-hydroxylation sites is 1. The van der Waals surface area contributed by atoms with Gasteiger partial charge in [-0.15, -0.1) is 0 Å². The summed E-state index contributed by atoms with van der Waals surface area (Å²) < 4.78 is 7.49. The predicted molar refractivity (Wildman–Crippen MR) is 116 cm³/mol. The molecule has 0 aliphatic heterocycles. The molecule has 5 nitrogen and oxygen atoms in total. The fraction of sp³-hybridized carbons (Fsp3) is 0.120. The highest BCUT2D eigenvalue weighted by Crippen LogP contribution is 2.18. The van der Waals surface area contributed by atoms with E-state index in [0.29, 0.717) is 13.2 Å². The van der Waals surface area contributed by atoms with Gasteiger partial charge in [-0.25, -0.2) is 0 Å². The largest absolute Gasteiger partial charge is 0.489 e. The SMILES string of the molecule is O=C(NCc1cccc(COc2ccccc2)c1)[C@@H](c1ccccc1)n1cccn1. The standard InChI is InChI=1S/C25H23N3O2/c29-25(24(28-16-8-15-27-28)22-11-3-1-4-12-22)26-18-20-9-7-10-21(17-20)19-30-23-13-5-2-6-14-23/h1-17,24H,18-19H2,(H,26,29)/t24-/m1/s1. The highest BCUT2D eigenvalue weighted by Gasteiger charge is 2.22. The quantitative estimate of drug-likeness (QED) is 0.480. The molecule has 1 amide bonds. The van der Waals surface area contributed by atoms with E-state index in [-0.39, 0.29) is 5.91 Å². The van der Waals surface area contributed by atoms with Crippen molar-refractivity contribution in [3.05, 3.63) is 120 Å². The molecule has 5 heteroatoms. The summed E-state index contributed by atoms with van der Waals surface area (Å²) in [5, 5.41) is 7.32. The Labute approximate surface area is 175 Å². The van der Waals surface area contributed by atoms with E-state index in [1.807, 2.05) is 84.9 Å². The van der Waals surface area contributed by atoms with Crippen molar-refractivity contribution in [2.75, 3.05) is 0 Å². The third kappa shape index (κ3) is 4.94. The molecule has 1 N–H and O–H groups in total. The van der Waals surface area contributed by atoms with Gasteiger partial charge in [-0.1, -0.05) is 72.8 Å². The summed E-state index contributed by atoms with van der Waals surface area (Å²) in [5.41, 5.74) is 2.96. The van der Waals surface area contributed by atoms with Gasteiger partial charge in [-0.2, -0.15) is 5.10 Å². The zero-order chi connectivity index (χ0) is 20.6. The zero-order valence-electron chi connectivity index (χ0n) is 16.5. The number of nitrogens with zero attached hydrogens (tertiary/aromatic N) is 2. The van der Waals surface area contributed by atoms with Crippen LogP contribution in [0.1, 0.15) is 22.7 Å². The van der Waals surface area contributed by atoms with Crippen LogP contribution >= 0.6 is 0 Å². The lowest BCUT2D eigenvalue weighted by Gasteiger charge is -2.18. The number of hydrogen-bond acceptors (Lipinski definition) is 3. The van der Waals surface area contributed by atoms with Gasteiger partial charge in [0.25, 0.3) is 0 Å². The molecule has 0 spiro atoms. The van der Waals surface area contributed by atoms with Crippen LogP contribution in [0, 0.1) is 0 Å². The van der Waals surface area contributed by atoms with Crippen molar-refractivity contribution in [2.45, 2.75) is 19.2 Å². The number of hydrogen-bond donors (Lipinski definition) is 1. The Morgan fingerprint density at radius 3 is 2.37 bits per heavy atom. The molecule has 0 aliphatic rings. The maximum Gasteiger partial charge on any atom is 0.249 e. The highest BCUT2D eigenvalue weighted by molar-refractivity contribution is 5.83. The molecule has 0 saturated heterocycles. The van der Waals surface area contributed by atoms with Gasteiger partial charge < -0.3 is 10.1 Å². The molecule has 1 atom stereocenters. The average molecular weight is 397 g/mol. The first-order valence-corrected chi connectivity index (χ1v) is 9.87. The van der Waals surface area contributed by atoms with Crippen LogP contribution in [-0.2, 0) is 17.9 Å². The Hall–Kier alpha value is -3.86. The maximum atomic E-state index is 13.0. The summed E-state index contributed by atoms with van der Waals surface area (Å²) in [6, 6.07) is 28.7. The minimum absolute atomic E-state index is 0.101. The molecule has 1 aromatic heterocycles. The van der Waals surface area contributed by atoms with E-state index in [9.17, 15) is 4.79 Å². The summed E-state index contributed by atoms with van der Waals surface area (Å²) in [6.45, 7) is 0.911. The second kappa shape index (κ2) is 9.56. The van der Waals surface area contributed by atoms with E-state index in [1.54, 1.807) is 17.1 Å². The predicted octanol–water partition coefficient (Wildman–Crippen LogP) is 4.37.